The molecule has 13 heavy (non-hydrogen) atoms. The van der Waals surface area contributed by atoms with Crippen LogP contribution in [0.4, 0.5) is 0 Å². The molecule has 2 heteroatoms. The van der Waals surface area contributed by atoms with Crippen LogP contribution >= 0.6 is 0 Å². The molecule has 0 aromatic carbocycles. The summed E-state index contributed by atoms with van der Waals surface area (Å²) in [5, 5.41) is 3.16. The number of allylic oxidation sites excluding steroid dienone is 1. The maximum atomic E-state index is 3.96. The van der Waals surface area contributed by atoms with E-state index in [4.69, 9.17) is 0 Å². The molecule has 1 aliphatic rings. The second-order valence-corrected chi connectivity index (χ2v) is 3.53. The lowest BCUT2D eigenvalue weighted by Crippen LogP contribution is -2.36. The van der Waals surface area contributed by atoms with Gasteiger partial charge in [-0.3, -0.25) is 0 Å². The molecule has 0 fully saturated rings. The summed E-state index contributed by atoms with van der Waals surface area (Å²) < 4.78 is 0. The maximum absolute atomic E-state index is 3.96. The van der Waals surface area contributed by atoms with Crippen molar-refractivity contribution in [1.29, 1.82) is 0 Å². The molecule has 1 unspecified atom stereocenters. The third-order valence-corrected chi connectivity index (χ3v) is 2.48. The standard InChI is InChI=1S/C11H18N2/c1-6-9(3)13-7-8(2)10(4)12-11(13)5/h7,9,12H,4-6H2,1-3H3. The minimum Gasteiger partial charge on any atom is -0.342 e. The van der Waals surface area contributed by atoms with E-state index < -0.39 is 0 Å². The molecule has 1 N–H and O–H groups in total. The first kappa shape index (κ1) is 9.90. The molecule has 0 aromatic rings. The molecule has 0 radical (unpaired) electrons. The van der Waals surface area contributed by atoms with Crippen LogP contribution in [0.5, 0.6) is 0 Å². The SMILES string of the molecule is C=C1NC(=C)N(C(C)CC)C=C1C. The van der Waals surface area contributed by atoms with Crippen LogP contribution in [0.2, 0.25) is 0 Å². The van der Waals surface area contributed by atoms with Crippen LogP contribution in [0.15, 0.2) is 36.4 Å². The van der Waals surface area contributed by atoms with Crippen molar-refractivity contribution in [1.82, 2.24) is 10.2 Å². The van der Waals surface area contributed by atoms with Crippen molar-refractivity contribution in [3.8, 4) is 0 Å². The number of rotatable bonds is 2. The van der Waals surface area contributed by atoms with E-state index in [-0.39, 0.29) is 0 Å². The van der Waals surface area contributed by atoms with Gasteiger partial charge in [0, 0.05) is 17.9 Å². The molecule has 0 saturated heterocycles. The fraction of sp³-hybridized carbons (Fsp3) is 0.455. The molecule has 72 valence electrons. The highest BCUT2D eigenvalue weighted by Gasteiger charge is 2.17. The lowest BCUT2D eigenvalue weighted by molar-refractivity contribution is 0.326. The van der Waals surface area contributed by atoms with Crippen LogP contribution in [0.25, 0.3) is 0 Å². The summed E-state index contributed by atoms with van der Waals surface area (Å²) in [6.07, 6.45) is 3.21. The van der Waals surface area contributed by atoms with Gasteiger partial charge in [-0.15, -0.1) is 0 Å². The van der Waals surface area contributed by atoms with Gasteiger partial charge in [-0.25, -0.2) is 0 Å². The Morgan fingerprint density at radius 2 is 2.15 bits per heavy atom. The van der Waals surface area contributed by atoms with Gasteiger partial charge in [0.2, 0.25) is 0 Å². The van der Waals surface area contributed by atoms with E-state index in [1.54, 1.807) is 0 Å². The minimum atomic E-state index is 0.489. The normalized spacial score (nSPS) is 19.6. The smallest absolute Gasteiger partial charge is 0.103 e. The van der Waals surface area contributed by atoms with Crippen molar-refractivity contribution in [2.75, 3.05) is 0 Å². The Morgan fingerprint density at radius 3 is 2.69 bits per heavy atom. The highest BCUT2D eigenvalue weighted by atomic mass is 15.3. The summed E-state index contributed by atoms with van der Waals surface area (Å²) in [4.78, 5) is 2.16. The first-order chi connectivity index (χ1) is 6.06. The Morgan fingerprint density at radius 1 is 1.54 bits per heavy atom. The zero-order valence-electron chi connectivity index (χ0n) is 8.72. The molecule has 0 saturated carbocycles. The van der Waals surface area contributed by atoms with Crippen molar-refractivity contribution >= 4 is 0 Å². The number of nitrogens with zero attached hydrogens (tertiary/aromatic N) is 1. The first-order valence-electron chi connectivity index (χ1n) is 4.68. The Labute approximate surface area is 80.6 Å². The molecule has 1 rings (SSSR count). The van der Waals surface area contributed by atoms with Gasteiger partial charge in [-0.05, 0) is 25.8 Å². The lowest BCUT2D eigenvalue weighted by atomic mass is 10.1. The maximum Gasteiger partial charge on any atom is 0.103 e. The van der Waals surface area contributed by atoms with Gasteiger partial charge in [0.1, 0.15) is 5.82 Å². The van der Waals surface area contributed by atoms with E-state index in [9.17, 15) is 0 Å². The quantitative estimate of drug-likeness (QED) is 0.699. The summed E-state index contributed by atoms with van der Waals surface area (Å²) in [5.41, 5.74) is 2.12. The van der Waals surface area contributed by atoms with Crippen molar-refractivity contribution < 1.29 is 0 Å². The average Bonchev–Trinajstić information content (AvgIpc) is 2.10. The van der Waals surface area contributed by atoms with Crippen molar-refractivity contribution in [3.63, 3.8) is 0 Å². The minimum absolute atomic E-state index is 0.489. The molecule has 2 nitrogen and oxygen atoms in total. The fourth-order valence-corrected chi connectivity index (χ4v) is 1.29. The van der Waals surface area contributed by atoms with Gasteiger partial charge in [0.25, 0.3) is 0 Å². The van der Waals surface area contributed by atoms with E-state index in [1.165, 1.54) is 5.57 Å². The average molecular weight is 178 g/mol. The van der Waals surface area contributed by atoms with Gasteiger partial charge in [0.05, 0.1) is 0 Å². The van der Waals surface area contributed by atoms with Crippen LogP contribution < -0.4 is 5.32 Å². The van der Waals surface area contributed by atoms with Crippen molar-refractivity contribution in [2.24, 2.45) is 0 Å². The third-order valence-electron chi connectivity index (χ3n) is 2.48. The Balaban J connectivity index is 2.86. The molecule has 1 atom stereocenters. The van der Waals surface area contributed by atoms with E-state index in [2.05, 4.69) is 50.3 Å². The van der Waals surface area contributed by atoms with Crippen molar-refractivity contribution in [2.45, 2.75) is 33.2 Å². The molecule has 0 bridgehead atoms. The predicted molar refractivity (Wildman–Crippen MR) is 56.8 cm³/mol. The number of nitrogens with one attached hydrogen (secondary N) is 1. The lowest BCUT2D eigenvalue weighted by Gasteiger charge is -2.34. The van der Waals surface area contributed by atoms with Gasteiger partial charge < -0.3 is 10.2 Å². The molecule has 0 aliphatic carbocycles. The molecule has 0 amide bonds. The summed E-state index contributed by atoms with van der Waals surface area (Å²) >= 11 is 0. The highest BCUT2D eigenvalue weighted by Crippen LogP contribution is 2.20. The molecule has 0 aromatic heterocycles. The Hall–Kier alpha value is -1.18. The van der Waals surface area contributed by atoms with Crippen LogP contribution in [0, 0.1) is 0 Å². The molecule has 0 spiro atoms. The van der Waals surface area contributed by atoms with E-state index in [0.717, 1.165) is 17.9 Å². The number of hydrogen-bond acceptors (Lipinski definition) is 2. The largest absolute Gasteiger partial charge is 0.342 e. The molecule has 1 aliphatic heterocycles. The zero-order chi connectivity index (χ0) is 10.0. The second kappa shape index (κ2) is 3.69. The van der Waals surface area contributed by atoms with Gasteiger partial charge in [0.15, 0.2) is 0 Å². The Kier molecular flexibility index (Phi) is 2.81. The summed E-state index contributed by atoms with van der Waals surface area (Å²) in [7, 11) is 0. The van der Waals surface area contributed by atoms with Crippen LogP contribution in [0.3, 0.4) is 0 Å². The van der Waals surface area contributed by atoms with E-state index in [0.29, 0.717) is 6.04 Å². The first-order valence-corrected chi connectivity index (χ1v) is 4.68. The van der Waals surface area contributed by atoms with Gasteiger partial charge in [-0.1, -0.05) is 20.1 Å². The zero-order valence-corrected chi connectivity index (χ0v) is 8.72. The Bertz CT molecular complexity index is 263. The monoisotopic (exact) mass is 178 g/mol. The van der Waals surface area contributed by atoms with Crippen molar-refractivity contribution in [3.05, 3.63) is 36.4 Å². The summed E-state index contributed by atoms with van der Waals surface area (Å²) in [6.45, 7) is 14.3. The van der Waals surface area contributed by atoms with Gasteiger partial charge in [-0.2, -0.15) is 0 Å². The van der Waals surface area contributed by atoms with Crippen LogP contribution in [-0.2, 0) is 0 Å². The molecular formula is C11H18N2. The van der Waals surface area contributed by atoms with E-state index in [1.807, 2.05) is 0 Å². The third kappa shape index (κ3) is 1.94. The number of hydrogen-bond donors (Lipinski definition) is 1. The second-order valence-electron chi connectivity index (χ2n) is 3.53. The van der Waals surface area contributed by atoms with Crippen LogP contribution in [0.1, 0.15) is 27.2 Å². The molecular weight excluding hydrogens is 160 g/mol. The summed E-state index contributed by atoms with van der Waals surface area (Å²) in [5.74, 6) is 0.921. The van der Waals surface area contributed by atoms with Crippen LogP contribution in [-0.4, -0.2) is 10.9 Å². The fourth-order valence-electron chi connectivity index (χ4n) is 1.29. The van der Waals surface area contributed by atoms with Gasteiger partial charge >= 0.3 is 0 Å². The summed E-state index contributed by atoms with van der Waals surface area (Å²) in [6, 6.07) is 0.489. The predicted octanol–water partition coefficient (Wildman–Crippen LogP) is 2.58. The topological polar surface area (TPSA) is 15.3 Å². The molecule has 1 heterocycles. The highest BCUT2D eigenvalue weighted by molar-refractivity contribution is 5.32. The van der Waals surface area contributed by atoms with E-state index >= 15 is 0 Å².